The Morgan fingerprint density at radius 3 is 1.05 bits per heavy atom. The maximum atomic E-state index is 10.4. The van der Waals surface area contributed by atoms with E-state index in [0.717, 1.165) is 6.07 Å². The van der Waals surface area contributed by atoms with Crippen molar-refractivity contribution in [1.29, 1.82) is 0 Å². The molecule has 0 aliphatic heterocycles. The van der Waals surface area contributed by atoms with Crippen molar-refractivity contribution in [2.75, 3.05) is 13.2 Å². The molecule has 0 unspecified atom stereocenters. The Labute approximate surface area is 228 Å². The van der Waals surface area contributed by atoms with E-state index < -0.39 is 35.8 Å². The van der Waals surface area contributed by atoms with Crippen LogP contribution in [0.3, 0.4) is 0 Å². The Bertz CT molecular complexity index is 1030. The molecule has 0 radical (unpaired) electrons. The van der Waals surface area contributed by atoms with Crippen LogP contribution in [-0.4, -0.2) is 89.9 Å². The van der Waals surface area contributed by atoms with E-state index in [9.17, 15) is 28.8 Å². The molecule has 0 saturated heterocycles. The highest BCUT2D eigenvalue weighted by Gasteiger charge is 2.07. The quantitative estimate of drug-likeness (QED) is 0.181. The Balaban J connectivity index is 0. The zero-order valence-electron chi connectivity index (χ0n) is 21.5. The number of unbranched alkanes of at least 4 members (excludes halogenated alkanes) is 1. The van der Waals surface area contributed by atoms with E-state index in [1.54, 1.807) is 6.92 Å². The summed E-state index contributed by atoms with van der Waals surface area (Å²) in [6.45, 7) is 1.94. The molecule has 0 aromatic heterocycles. The second-order valence-corrected chi connectivity index (χ2v) is 7.84. The van der Waals surface area contributed by atoms with Gasteiger partial charge in [-0.1, -0.05) is 13.0 Å². The van der Waals surface area contributed by atoms with Gasteiger partial charge in [0.1, 0.15) is 0 Å². The van der Waals surface area contributed by atoms with E-state index in [-0.39, 0.29) is 54.2 Å². The Kier molecular flexibility index (Phi) is 19.7. The molecular formula is C26H32O14. The molecule has 0 heterocycles. The lowest BCUT2D eigenvalue weighted by atomic mass is 10.1. The monoisotopic (exact) mass is 568 g/mol. The van der Waals surface area contributed by atoms with Crippen LogP contribution in [0.2, 0.25) is 0 Å². The molecule has 40 heavy (non-hydrogen) atoms. The number of aliphatic hydroxyl groups is 2. The third-order valence-electron chi connectivity index (χ3n) is 4.39. The summed E-state index contributed by atoms with van der Waals surface area (Å²) in [6.07, 6.45) is 1.02. The van der Waals surface area contributed by atoms with Gasteiger partial charge in [-0.25, -0.2) is 19.2 Å². The van der Waals surface area contributed by atoms with E-state index in [0.29, 0.717) is 12.8 Å². The summed E-state index contributed by atoms with van der Waals surface area (Å²) in [5.74, 6) is -6.07. The minimum Gasteiger partial charge on any atom is -0.481 e. The van der Waals surface area contributed by atoms with E-state index in [1.807, 2.05) is 0 Å². The summed E-state index contributed by atoms with van der Waals surface area (Å²) < 4.78 is 0. The third kappa shape index (κ3) is 19.3. The summed E-state index contributed by atoms with van der Waals surface area (Å²) in [5, 5.41) is 66.5. The summed E-state index contributed by atoms with van der Waals surface area (Å²) in [7, 11) is 0. The Hall–Kier alpha value is -4.82. The van der Waals surface area contributed by atoms with Gasteiger partial charge in [0.15, 0.2) is 0 Å². The molecule has 2 rings (SSSR count). The van der Waals surface area contributed by atoms with Gasteiger partial charge in [-0.2, -0.15) is 0 Å². The molecule has 14 nitrogen and oxygen atoms in total. The molecule has 2 aromatic rings. The van der Waals surface area contributed by atoms with Crippen LogP contribution in [0.15, 0.2) is 48.5 Å². The third-order valence-corrected chi connectivity index (χ3v) is 4.39. The molecule has 14 heteroatoms. The van der Waals surface area contributed by atoms with Crippen LogP contribution in [0.1, 0.15) is 74.0 Å². The van der Waals surface area contributed by atoms with Crippen molar-refractivity contribution in [2.24, 2.45) is 5.92 Å². The standard InChI is InChI=1S/2C8H6O4.C6H10O4.C4H10O2/c9-7(10)5-1-2-6(4-3-5)8(11)12;9-7(10)5-2-1-3-6(4-5)8(11)12;7-5(8)3-1-2-4-6(9)10;1-4(2-5)3-6/h2*1-4H,(H,9,10)(H,11,12);1-4H2,(H,7,8)(H,9,10);4-6H,2-3H2,1H3. The van der Waals surface area contributed by atoms with Crippen molar-refractivity contribution in [3.8, 4) is 0 Å². The number of aromatic carboxylic acids is 4. The van der Waals surface area contributed by atoms with Crippen molar-refractivity contribution >= 4 is 35.8 Å². The number of carboxylic acids is 6. The van der Waals surface area contributed by atoms with Crippen LogP contribution in [0.25, 0.3) is 0 Å². The van der Waals surface area contributed by atoms with Gasteiger partial charge in [0.2, 0.25) is 0 Å². The van der Waals surface area contributed by atoms with Crippen molar-refractivity contribution in [3.63, 3.8) is 0 Å². The van der Waals surface area contributed by atoms with Crippen LogP contribution < -0.4 is 0 Å². The second kappa shape index (κ2) is 21.2. The number of carbonyl (C=O) groups is 6. The van der Waals surface area contributed by atoms with Gasteiger partial charge in [-0.15, -0.1) is 0 Å². The van der Waals surface area contributed by atoms with Crippen molar-refractivity contribution in [1.82, 2.24) is 0 Å². The zero-order chi connectivity index (χ0) is 31.3. The minimum absolute atomic E-state index is 0.0186. The summed E-state index contributed by atoms with van der Waals surface area (Å²) in [5.41, 5.74) is 0.129. The van der Waals surface area contributed by atoms with E-state index in [4.69, 9.17) is 40.9 Å². The maximum absolute atomic E-state index is 10.4. The molecule has 0 aliphatic rings. The first-order chi connectivity index (χ1) is 18.7. The largest absolute Gasteiger partial charge is 0.481 e. The molecule has 0 spiro atoms. The molecule has 220 valence electrons. The van der Waals surface area contributed by atoms with Gasteiger partial charge in [0.25, 0.3) is 0 Å². The van der Waals surface area contributed by atoms with Gasteiger partial charge < -0.3 is 40.9 Å². The van der Waals surface area contributed by atoms with Gasteiger partial charge in [-0.3, -0.25) is 9.59 Å². The van der Waals surface area contributed by atoms with Crippen molar-refractivity contribution in [3.05, 3.63) is 70.8 Å². The van der Waals surface area contributed by atoms with Crippen LogP contribution >= 0.6 is 0 Å². The minimum atomic E-state index is -1.13. The normalized spacial score (nSPS) is 9.40. The average Bonchev–Trinajstić information content (AvgIpc) is 2.91. The summed E-state index contributed by atoms with van der Waals surface area (Å²) in [4.78, 5) is 61.2. The second-order valence-electron chi connectivity index (χ2n) is 7.84. The molecule has 2 aromatic carbocycles. The highest BCUT2D eigenvalue weighted by molar-refractivity contribution is 5.93. The molecule has 0 saturated carbocycles. The zero-order valence-corrected chi connectivity index (χ0v) is 21.5. The Morgan fingerprint density at radius 1 is 0.550 bits per heavy atom. The fraction of sp³-hybridized carbons (Fsp3) is 0.308. The summed E-state index contributed by atoms with van der Waals surface area (Å²) >= 11 is 0. The van der Waals surface area contributed by atoms with Gasteiger partial charge in [-0.05, 0) is 55.3 Å². The average molecular weight is 569 g/mol. The van der Waals surface area contributed by atoms with Crippen LogP contribution in [0.5, 0.6) is 0 Å². The number of hydrogen-bond acceptors (Lipinski definition) is 8. The molecule has 8 N–H and O–H groups in total. The van der Waals surface area contributed by atoms with E-state index in [2.05, 4.69) is 0 Å². The fourth-order valence-corrected chi connectivity index (χ4v) is 2.15. The first-order valence-corrected chi connectivity index (χ1v) is 11.4. The number of rotatable bonds is 11. The highest BCUT2D eigenvalue weighted by atomic mass is 16.4. The smallest absolute Gasteiger partial charge is 0.335 e. The maximum Gasteiger partial charge on any atom is 0.335 e. The van der Waals surface area contributed by atoms with Crippen LogP contribution in [0.4, 0.5) is 0 Å². The lowest BCUT2D eigenvalue weighted by Crippen LogP contribution is -2.04. The SMILES string of the molecule is CC(CO)CO.O=C(O)CCCCC(=O)O.O=C(O)c1ccc(C(=O)O)cc1.O=C(O)c1cccc(C(=O)O)c1. The molecule has 0 aliphatic carbocycles. The predicted octanol–water partition coefficient (Wildman–Crippen LogP) is 2.49. The Morgan fingerprint density at radius 2 is 0.850 bits per heavy atom. The number of benzene rings is 2. The van der Waals surface area contributed by atoms with Crippen LogP contribution in [0, 0.1) is 5.92 Å². The molecule has 0 bridgehead atoms. The fourth-order valence-electron chi connectivity index (χ4n) is 2.15. The van der Waals surface area contributed by atoms with Crippen LogP contribution in [-0.2, 0) is 9.59 Å². The van der Waals surface area contributed by atoms with E-state index in [1.165, 1.54) is 42.5 Å². The van der Waals surface area contributed by atoms with E-state index >= 15 is 0 Å². The van der Waals surface area contributed by atoms with Gasteiger partial charge in [0.05, 0.1) is 22.3 Å². The molecule has 0 fully saturated rings. The predicted molar refractivity (Wildman–Crippen MR) is 138 cm³/mol. The van der Waals surface area contributed by atoms with Gasteiger partial charge >= 0.3 is 35.8 Å². The lowest BCUT2D eigenvalue weighted by molar-refractivity contribution is -0.139. The first-order valence-electron chi connectivity index (χ1n) is 11.4. The molecule has 0 atom stereocenters. The number of hydrogen-bond donors (Lipinski definition) is 8. The summed E-state index contributed by atoms with van der Waals surface area (Å²) in [6, 6.07) is 10.2. The number of aliphatic carboxylic acids is 2. The first kappa shape index (κ1) is 37.3. The van der Waals surface area contributed by atoms with Crippen molar-refractivity contribution < 1.29 is 69.6 Å². The molecular weight excluding hydrogens is 536 g/mol. The van der Waals surface area contributed by atoms with Gasteiger partial charge in [0, 0.05) is 32.0 Å². The molecule has 0 amide bonds. The number of carboxylic acid groups (broad SMARTS) is 6. The highest BCUT2D eigenvalue weighted by Crippen LogP contribution is 2.05. The lowest BCUT2D eigenvalue weighted by Gasteiger charge is -1.97. The topological polar surface area (TPSA) is 264 Å². The van der Waals surface area contributed by atoms with Crippen molar-refractivity contribution in [2.45, 2.75) is 32.6 Å². The number of aliphatic hydroxyl groups excluding tert-OH is 2.